The van der Waals surface area contributed by atoms with Crippen molar-refractivity contribution in [2.45, 2.75) is 19.0 Å². The Morgan fingerprint density at radius 1 is 0.939 bits per heavy atom. The fourth-order valence-corrected chi connectivity index (χ4v) is 4.89. The van der Waals surface area contributed by atoms with Gasteiger partial charge in [0.1, 0.15) is 6.04 Å². The van der Waals surface area contributed by atoms with Crippen molar-refractivity contribution in [2.24, 2.45) is 0 Å². The molecular formula is C26H22N4O2S. The van der Waals surface area contributed by atoms with E-state index in [4.69, 9.17) is 21.7 Å². The summed E-state index contributed by atoms with van der Waals surface area (Å²) in [7, 11) is 0. The first-order valence-electron chi connectivity index (χ1n) is 10.8. The molecule has 0 radical (unpaired) electrons. The Bertz CT molecular complexity index is 1320. The lowest BCUT2D eigenvalue weighted by Gasteiger charge is -2.29. The Hall–Kier alpha value is -3.84. The number of nitrogens with one attached hydrogen (secondary N) is 1. The lowest BCUT2D eigenvalue weighted by atomic mass is 10.0. The molecule has 6 rings (SSSR count). The van der Waals surface area contributed by atoms with Gasteiger partial charge < -0.3 is 24.3 Å². The molecule has 2 atom stereocenters. The number of anilines is 1. The van der Waals surface area contributed by atoms with Crippen molar-refractivity contribution < 1.29 is 9.47 Å². The molecule has 2 aromatic heterocycles. The van der Waals surface area contributed by atoms with Crippen molar-refractivity contribution in [1.82, 2.24) is 14.9 Å². The molecule has 0 spiro atoms. The molecule has 0 saturated carbocycles. The van der Waals surface area contributed by atoms with Crippen LogP contribution in [-0.2, 0) is 0 Å². The Morgan fingerprint density at radius 2 is 1.76 bits per heavy atom. The van der Waals surface area contributed by atoms with E-state index in [2.05, 4.69) is 69.3 Å². The second-order valence-electron chi connectivity index (χ2n) is 8.17. The quantitative estimate of drug-likeness (QED) is 0.434. The predicted octanol–water partition coefficient (Wildman–Crippen LogP) is 5.09. The maximum Gasteiger partial charge on any atom is 0.231 e. The van der Waals surface area contributed by atoms with Crippen LogP contribution in [0.4, 0.5) is 5.69 Å². The molecule has 0 amide bonds. The lowest BCUT2D eigenvalue weighted by molar-refractivity contribution is 0.174. The number of benzene rings is 2. The van der Waals surface area contributed by atoms with E-state index in [-0.39, 0.29) is 18.9 Å². The van der Waals surface area contributed by atoms with Gasteiger partial charge >= 0.3 is 0 Å². The number of fused-ring (bicyclic) bond motifs is 1. The van der Waals surface area contributed by atoms with Gasteiger partial charge in [0.05, 0.1) is 11.7 Å². The molecule has 2 aliphatic rings. The molecule has 1 N–H and O–H groups in total. The Balaban J connectivity index is 1.50. The number of pyridine rings is 1. The van der Waals surface area contributed by atoms with Crippen LogP contribution in [0.2, 0.25) is 0 Å². The van der Waals surface area contributed by atoms with Crippen molar-refractivity contribution in [1.29, 1.82) is 0 Å². The summed E-state index contributed by atoms with van der Waals surface area (Å²) in [4.78, 5) is 6.80. The number of hydrogen-bond acceptors (Lipinski definition) is 4. The summed E-state index contributed by atoms with van der Waals surface area (Å²) in [6.07, 6.45) is 3.91. The Labute approximate surface area is 197 Å². The summed E-state index contributed by atoms with van der Waals surface area (Å²) in [6, 6.07) is 24.4. The van der Waals surface area contributed by atoms with Gasteiger partial charge in [-0.1, -0.05) is 23.8 Å². The molecule has 0 unspecified atom stereocenters. The van der Waals surface area contributed by atoms with Gasteiger partial charge in [-0.05, 0) is 67.7 Å². The minimum absolute atomic E-state index is 0.121. The van der Waals surface area contributed by atoms with E-state index in [1.165, 1.54) is 5.56 Å². The van der Waals surface area contributed by atoms with Crippen molar-refractivity contribution >= 4 is 23.0 Å². The van der Waals surface area contributed by atoms with Crippen LogP contribution in [0.15, 0.2) is 85.2 Å². The molecule has 1 saturated heterocycles. The second-order valence-corrected chi connectivity index (χ2v) is 8.56. The van der Waals surface area contributed by atoms with Gasteiger partial charge in [0.2, 0.25) is 6.79 Å². The molecule has 2 aliphatic heterocycles. The number of hydrogen-bond donors (Lipinski definition) is 1. The molecule has 164 valence electrons. The van der Waals surface area contributed by atoms with Gasteiger partial charge in [-0.25, -0.2) is 0 Å². The monoisotopic (exact) mass is 454 g/mol. The molecular weight excluding hydrogens is 432 g/mol. The molecule has 6 nitrogen and oxygen atoms in total. The predicted molar refractivity (Wildman–Crippen MR) is 131 cm³/mol. The zero-order valence-electron chi connectivity index (χ0n) is 18.0. The van der Waals surface area contributed by atoms with Crippen LogP contribution in [0.5, 0.6) is 11.5 Å². The van der Waals surface area contributed by atoms with Gasteiger partial charge in [0, 0.05) is 35.5 Å². The number of aromatic nitrogens is 2. The van der Waals surface area contributed by atoms with Gasteiger partial charge in [0.25, 0.3) is 0 Å². The third-order valence-electron chi connectivity index (χ3n) is 6.13. The highest BCUT2D eigenvalue weighted by atomic mass is 32.1. The fraction of sp³-hybridized carbons (Fsp3) is 0.154. The highest BCUT2D eigenvalue weighted by molar-refractivity contribution is 7.80. The zero-order chi connectivity index (χ0) is 22.4. The maximum absolute atomic E-state index is 5.86. The summed E-state index contributed by atoms with van der Waals surface area (Å²) < 4.78 is 13.4. The van der Waals surface area contributed by atoms with Crippen LogP contribution in [0, 0.1) is 6.92 Å². The van der Waals surface area contributed by atoms with Gasteiger partial charge in [-0.15, -0.1) is 0 Å². The van der Waals surface area contributed by atoms with E-state index >= 15 is 0 Å². The lowest BCUT2D eigenvalue weighted by Crippen LogP contribution is -2.30. The topological polar surface area (TPSA) is 51.6 Å². The smallest absolute Gasteiger partial charge is 0.231 e. The number of rotatable bonds is 4. The van der Waals surface area contributed by atoms with E-state index in [9.17, 15) is 0 Å². The second kappa shape index (κ2) is 7.94. The number of nitrogens with zero attached hydrogens (tertiary/aromatic N) is 3. The molecule has 4 aromatic rings. The normalized spacial score (nSPS) is 19.1. The highest BCUT2D eigenvalue weighted by Gasteiger charge is 2.42. The highest BCUT2D eigenvalue weighted by Crippen LogP contribution is 2.44. The van der Waals surface area contributed by atoms with E-state index in [1.54, 1.807) is 0 Å². The van der Waals surface area contributed by atoms with Crippen molar-refractivity contribution in [3.05, 3.63) is 102 Å². The minimum Gasteiger partial charge on any atom is -0.454 e. The van der Waals surface area contributed by atoms with Gasteiger partial charge in [0.15, 0.2) is 16.6 Å². The third kappa shape index (κ3) is 3.41. The standard InChI is InChI=1S/C26H22N4O2S/c1-17-7-9-18(10-8-17)29-14-4-6-21(29)25-24(20-5-2-3-13-27-20)28-26(33)30(25)19-11-12-22-23(15-19)32-16-31-22/h2-15,24-25H,16H2,1H3,(H,28,33)/t24-,25+/m1/s1. The number of ether oxygens (including phenoxy) is 2. The van der Waals surface area contributed by atoms with Crippen molar-refractivity contribution in [3.63, 3.8) is 0 Å². The Morgan fingerprint density at radius 3 is 2.58 bits per heavy atom. The average molecular weight is 455 g/mol. The van der Waals surface area contributed by atoms with Crippen LogP contribution >= 0.6 is 12.2 Å². The summed E-state index contributed by atoms with van der Waals surface area (Å²) in [6.45, 7) is 2.33. The summed E-state index contributed by atoms with van der Waals surface area (Å²) >= 11 is 5.86. The Kier molecular flexibility index (Phi) is 4.77. The van der Waals surface area contributed by atoms with Crippen molar-refractivity contribution in [2.75, 3.05) is 11.7 Å². The van der Waals surface area contributed by atoms with Crippen LogP contribution in [0.1, 0.15) is 29.0 Å². The van der Waals surface area contributed by atoms with Gasteiger partial charge in [-0.2, -0.15) is 0 Å². The SMILES string of the molecule is Cc1ccc(-n2cccc2[C@H]2[C@@H](c3ccccn3)NC(=S)N2c2ccc3c(c2)OCO3)cc1. The molecule has 7 heteroatoms. The summed E-state index contributed by atoms with van der Waals surface area (Å²) in [5, 5.41) is 4.17. The molecule has 33 heavy (non-hydrogen) atoms. The first kappa shape index (κ1) is 19.8. The van der Waals surface area contributed by atoms with Crippen LogP contribution in [-0.4, -0.2) is 21.5 Å². The summed E-state index contributed by atoms with van der Waals surface area (Å²) in [5.41, 5.74) is 5.31. The van der Waals surface area contributed by atoms with Crippen LogP contribution < -0.4 is 19.7 Å². The minimum atomic E-state index is -0.122. The zero-order valence-corrected chi connectivity index (χ0v) is 18.8. The average Bonchev–Trinajstić information content (AvgIpc) is 3.57. The van der Waals surface area contributed by atoms with E-state index in [0.717, 1.165) is 34.3 Å². The van der Waals surface area contributed by atoms with Crippen molar-refractivity contribution in [3.8, 4) is 17.2 Å². The molecule has 4 heterocycles. The largest absolute Gasteiger partial charge is 0.454 e. The first-order chi connectivity index (χ1) is 16.2. The number of thiocarbonyl (C=S) groups is 1. The van der Waals surface area contributed by atoms with E-state index < -0.39 is 0 Å². The van der Waals surface area contributed by atoms with Gasteiger partial charge in [-0.3, -0.25) is 4.98 Å². The summed E-state index contributed by atoms with van der Waals surface area (Å²) in [5.74, 6) is 1.47. The molecule has 0 aliphatic carbocycles. The van der Waals surface area contributed by atoms with Crippen LogP contribution in [0.3, 0.4) is 0 Å². The van der Waals surface area contributed by atoms with Crippen LogP contribution in [0.25, 0.3) is 5.69 Å². The molecule has 2 aromatic carbocycles. The maximum atomic E-state index is 5.86. The van der Waals surface area contributed by atoms with E-state index in [1.807, 2.05) is 42.6 Å². The molecule has 1 fully saturated rings. The fourth-order valence-electron chi connectivity index (χ4n) is 4.54. The number of aryl methyl sites for hydroxylation is 1. The molecule has 0 bridgehead atoms. The first-order valence-corrected chi connectivity index (χ1v) is 11.2. The third-order valence-corrected chi connectivity index (χ3v) is 6.44. The van der Waals surface area contributed by atoms with E-state index in [0.29, 0.717) is 5.11 Å².